The van der Waals surface area contributed by atoms with E-state index in [0.717, 1.165) is 11.8 Å². The summed E-state index contributed by atoms with van der Waals surface area (Å²) < 4.78 is 5.75. The van der Waals surface area contributed by atoms with Crippen molar-refractivity contribution < 1.29 is 19.4 Å². The summed E-state index contributed by atoms with van der Waals surface area (Å²) in [5, 5.41) is 11.6. The van der Waals surface area contributed by atoms with Gasteiger partial charge in [-0.25, -0.2) is 0 Å². The minimum atomic E-state index is -0.419. The van der Waals surface area contributed by atoms with Crippen molar-refractivity contribution in [2.24, 2.45) is 0 Å². The number of carbonyl (C=O) groups excluding carboxylic acids is 2. The standard InChI is InChI=1S/C12H10BrNO4S/c1-2-18-8-4-6(3-7(13)10(8)15)5-9-11(16)14-12(17)19-9/h3-5,15H,2H2,1H3,(H,14,16,17)/b9-5-. The third-order valence-corrected chi connectivity index (χ3v) is 3.71. The summed E-state index contributed by atoms with van der Waals surface area (Å²) in [4.78, 5) is 22.8. The molecular formula is C12H10BrNO4S. The molecule has 0 saturated carbocycles. The third-order valence-electron chi connectivity index (χ3n) is 2.29. The van der Waals surface area contributed by atoms with Gasteiger partial charge in [-0.05, 0) is 58.4 Å². The molecule has 0 atom stereocenters. The number of phenolic OH excluding ortho intramolecular Hbond substituents is 1. The summed E-state index contributed by atoms with van der Waals surface area (Å²) in [6.45, 7) is 2.21. The number of halogens is 1. The monoisotopic (exact) mass is 343 g/mol. The van der Waals surface area contributed by atoms with E-state index < -0.39 is 5.91 Å². The number of hydrogen-bond donors (Lipinski definition) is 2. The molecule has 1 fully saturated rings. The lowest BCUT2D eigenvalue weighted by molar-refractivity contribution is -0.115. The summed E-state index contributed by atoms with van der Waals surface area (Å²) in [6.07, 6.45) is 1.57. The average molecular weight is 344 g/mol. The van der Waals surface area contributed by atoms with E-state index in [1.807, 2.05) is 0 Å². The van der Waals surface area contributed by atoms with Crippen LogP contribution in [0.4, 0.5) is 4.79 Å². The molecule has 0 aliphatic carbocycles. The molecule has 1 aliphatic heterocycles. The Morgan fingerprint density at radius 2 is 2.21 bits per heavy atom. The van der Waals surface area contributed by atoms with Crippen LogP contribution in [0.3, 0.4) is 0 Å². The number of amides is 2. The van der Waals surface area contributed by atoms with Crippen molar-refractivity contribution >= 4 is 44.9 Å². The van der Waals surface area contributed by atoms with Crippen molar-refractivity contribution in [1.29, 1.82) is 0 Å². The Labute approximate surface area is 122 Å². The van der Waals surface area contributed by atoms with Crippen LogP contribution in [-0.4, -0.2) is 22.9 Å². The molecule has 2 N–H and O–H groups in total. The fraction of sp³-hybridized carbons (Fsp3) is 0.167. The first kappa shape index (κ1) is 14.0. The van der Waals surface area contributed by atoms with Crippen LogP contribution in [-0.2, 0) is 4.79 Å². The van der Waals surface area contributed by atoms with Gasteiger partial charge in [0.1, 0.15) is 0 Å². The molecule has 1 saturated heterocycles. The van der Waals surface area contributed by atoms with Crippen molar-refractivity contribution in [2.45, 2.75) is 6.92 Å². The van der Waals surface area contributed by atoms with Gasteiger partial charge in [0.25, 0.3) is 11.1 Å². The molecule has 7 heteroatoms. The molecule has 0 radical (unpaired) electrons. The molecule has 0 spiro atoms. The van der Waals surface area contributed by atoms with Crippen molar-refractivity contribution in [2.75, 3.05) is 6.61 Å². The number of carbonyl (C=O) groups is 2. The fourth-order valence-electron chi connectivity index (χ4n) is 1.52. The summed E-state index contributed by atoms with van der Waals surface area (Å²) in [6, 6.07) is 3.24. The number of imide groups is 1. The van der Waals surface area contributed by atoms with Crippen molar-refractivity contribution in [3.8, 4) is 11.5 Å². The lowest BCUT2D eigenvalue weighted by atomic mass is 10.2. The van der Waals surface area contributed by atoms with Crippen LogP contribution in [0.15, 0.2) is 21.5 Å². The summed E-state index contributed by atoms with van der Waals surface area (Å²) in [5.41, 5.74) is 0.653. The first-order valence-corrected chi connectivity index (χ1v) is 7.02. The highest BCUT2D eigenvalue weighted by atomic mass is 79.9. The number of hydrogen-bond acceptors (Lipinski definition) is 5. The SMILES string of the molecule is CCOc1cc(/C=C2\SC(=O)NC2=O)cc(Br)c1O. The molecule has 1 aliphatic rings. The smallest absolute Gasteiger partial charge is 0.290 e. The average Bonchev–Trinajstić information content (AvgIpc) is 2.64. The van der Waals surface area contributed by atoms with Gasteiger partial charge in [0, 0.05) is 0 Å². The highest BCUT2D eigenvalue weighted by Gasteiger charge is 2.25. The Kier molecular flexibility index (Phi) is 4.16. The lowest BCUT2D eigenvalue weighted by Gasteiger charge is -2.08. The van der Waals surface area contributed by atoms with Gasteiger partial charge >= 0.3 is 0 Å². The molecular weight excluding hydrogens is 334 g/mol. The molecule has 2 rings (SSSR count). The van der Waals surface area contributed by atoms with Gasteiger partial charge in [-0.3, -0.25) is 14.9 Å². The molecule has 1 aromatic carbocycles. The second-order valence-corrected chi connectivity index (χ2v) is 5.50. The predicted octanol–water partition coefficient (Wildman–Crippen LogP) is 2.88. The number of rotatable bonds is 3. The maximum Gasteiger partial charge on any atom is 0.290 e. The second-order valence-electron chi connectivity index (χ2n) is 3.63. The van der Waals surface area contributed by atoms with E-state index in [4.69, 9.17) is 4.74 Å². The molecule has 1 heterocycles. The van der Waals surface area contributed by atoms with Gasteiger partial charge in [-0.15, -0.1) is 0 Å². The van der Waals surface area contributed by atoms with E-state index in [0.29, 0.717) is 27.3 Å². The molecule has 100 valence electrons. The van der Waals surface area contributed by atoms with Crippen LogP contribution < -0.4 is 10.1 Å². The molecule has 0 unspecified atom stereocenters. The molecule has 1 aromatic rings. The minimum Gasteiger partial charge on any atom is -0.503 e. The highest BCUT2D eigenvalue weighted by molar-refractivity contribution is 9.10. The second kappa shape index (κ2) is 5.66. The number of nitrogens with one attached hydrogen (secondary N) is 1. The van der Waals surface area contributed by atoms with Crippen LogP contribution in [0.2, 0.25) is 0 Å². The minimum absolute atomic E-state index is 0.00334. The first-order chi connectivity index (χ1) is 9.01. The number of phenols is 1. The maximum atomic E-state index is 11.4. The predicted molar refractivity (Wildman–Crippen MR) is 76.1 cm³/mol. The van der Waals surface area contributed by atoms with Gasteiger partial charge in [-0.1, -0.05) is 0 Å². The Balaban J connectivity index is 2.38. The highest BCUT2D eigenvalue weighted by Crippen LogP contribution is 2.37. The Hall–Kier alpha value is -1.47. The van der Waals surface area contributed by atoms with Crippen LogP contribution in [0.25, 0.3) is 6.08 Å². The van der Waals surface area contributed by atoms with Gasteiger partial charge < -0.3 is 9.84 Å². The largest absolute Gasteiger partial charge is 0.503 e. The quantitative estimate of drug-likeness (QED) is 0.825. The first-order valence-electron chi connectivity index (χ1n) is 5.41. The number of benzene rings is 1. The van der Waals surface area contributed by atoms with Gasteiger partial charge in [0.05, 0.1) is 16.0 Å². The Morgan fingerprint density at radius 3 is 2.79 bits per heavy atom. The topological polar surface area (TPSA) is 75.6 Å². The molecule has 19 heavy (non-hydrogen) atoms. The van der Waals surface area contributed by atoms with Crippen molar-refractivity contribution in [1.82, 2.24) is 5.32 Å². The normalized spacial score (nSPS) is 16.8. The molecule has 5 nitrogen and oxygen atoms in total. The summed E-state index contributed by atoms with van der Waals surface area (Å²) in [7, 11) is 0. The van der Waals surface area contributed by atoms with E-state index in [1.54, 1.807) is 25.1 Å². The van der Waals surface area contributed by atoms with Crippen LogP contribution in [0.1, 0.15) is 12.5 Å². The zero-order chi connectivity index (χ0) is 14.0. The molecule has 0 bridgehead atoms. The lowest BCUT2D eigenvalue weighted by Crippen LogP contribution is -2.17. The van der Waals surface area contributed by atoms with Crippen LogP contribution >= 0.6 is 27.7 Å². The van der Waals surface area contributed by atoms with Gasteiger partial charge in [0.15, 0.2) is 11.5 Å². The Bertz CT molecular complexity index is 585. The zero-order valence-electron chi connectivity index (χ0n) is 9.90. The number of aromatic hydroxyl groups is 1. The zero-order valence-corrected chi connectivity index (χ0v) is 12.3. The Morgan fingerprint density at radius 1 is 1.47 bits per heavy atom. The number of ether oxygens (including phenoxy) is 1. The molecule has 0 aromatic heterocycles. The number of thioether (sulfide) groups is 1. The van der Waals surface area contributed by atoms with Gasteiger partial charge in [-0.2, -0.15) is 0 Å². The van der Waals surface area contributed by atoms with E-state index >= 15 is 0 Å². The van der Waals surface area contributed by atoms with Crippen molar-refractivity contribution in [3.05, 3.63) is 27.1 Å². The molecule has 2 amide bonds. The van der Waals surface area contributed by atoms with E-state index in [2.05, 4.69) is 21.2 Å². The maximum absolute atomic E-state index is 11.4. The van der Waals surface area contributed by atoms with Crippen LogP contribution in [0, 0.1) is 0 Å². The third kappa shape index (κ3) is 3.10. The van der Waals surface area contributed by atoms with Gasteiger partial charge in [0.2, 0.25) is 0 Å². The van der Waals surface area contributed by atoms with E-state index in [1.165, 1.54) is 0 Å². The van der Waals surface area contributed by atoms with Crippen LogP contribution in [0.5, 0.6) is 11.5 Å². The van der Waals surface area contributed by atoms with E-state index in [9.17, 15) is 14.7 Å². The van der Waals surface area contributed by atoms with E-state index in [-0.39, 0.29) is 11.0 Å². The summed E-state index contributed by atoms with van der Waals surface area (Å²) in [5.74, 6) is -0.0979. The fourth-order valence-corrected chi connectivity index (χ4v) is 2.66. The van der Waals surface area contributed by atoms with Crippen molar-refractivity contribution in [3.63, 3.8) is 0 Å². The summed E-state index contributed by atoms with van der Waals surface area (Å²) >= 11 is 4.05.